The predicted octanol–water partition coefficient (Wildman–Crippen LogP) is 2.36. The molecule has 1 aromatic heterocycles. The highest BCUT2D eigenvalue weighted by Gasteiger charge is 2.32. The third-order valence-corrected chi connectivity index (χ3v) is 6.53. The molecule has 1 atom stereocenters. The number of hydrogen-bond donors (Lipinski definition) is 2. The number of amidine groups is 1. The van der Waals surface area contributed by atoms with Gasteiger partial charge in [0.1, 0.15) is 16.9 Å². The van der Waals surface area contributed by atoms with Gasteiger partial charge in [-0.1, -0.05) is 51.2 Å². The Labute approximate surface area is 162 Å². The van der Waals surface area contributed by atoms with Gasteiger partial charge < -0.3 is 0 Å². The van der Waals surface area contributed by atoms with Crippen molar-refractivity contribution >= 4 is 38.2 Å². The summed E-state index contributed by atoms with van der Waals surface area (Å²) in [6.07, 6.45) is 0. The summed E-state index contributed by atoms with van der Waals surface area (Å²) in [5, 5.41) is 12.0. The largest absolute Gasteiger partial charge is 0.299 e. The number of sulfonamides is 1. The first kappa shape index (κ1) is 19.4. The molecule has 0 aliphatic carbocycles. The quantitative estimate of drug-likeness (QED) is 0.790. The van der Waals surface area contributed by atoms with E-state index in [0.29, 0.717) is 10.7 Å². The van der Waals surface area contributed by atoms with E-state index in [4.69, 9.17) is 0 Å². The van der Waals surface area contributed by atoms with Crippen molar-refractivity contribution in [3.05, 3.63) is 34.8 Å². The highest BCUT2D eigenvalue weighted by Crippen LogP contribution is 2.25. The van der Waals surface area contributed by atoms with Crippen LogP contribution in [0.25, 0.3) is 0 Å². The van der Waals surface area contributed by atoms with Crippen molar-refractivity contribution in [2.24, 2.45) is 10.9 Å². The summed E-state index contributed by atoms with van der Waals surface area (Å²) >= 11 is 1.32. The number of anilines is 1. The number of nitrogens with zero attached hydrogens (tertiary/aromatic N) is 3. The van der Waals surface area contributed by atoms with Gasteiger partial charge >= 0.3 is 0 Å². The minimum Gasteiger partial charge on any atom is -0.299 e. The van der Waals surface area contributed by atoms with Crippen LogP contribution >= 0.6 is 11.3 Å². The predicted molar refractivity (Wildman–Crippen MR) is 105 cm³/mol. The number of benzene rings is 1. The van der Waals surface area contributed by atoms with E-state index in [1.54, 1.807) is 18.2 Å². The van der Waals surface area contributed by atoms with Crippen molar-refractivity contribution < 1.29 is 13.2 Å². The number of hydrogen-bond acceptors (Lipinski definition) is 7. The maximum Gasteiger partial charge on any atom is 0.263 e. The van der Waals surface area contributed by atoms with Gasteiger partial charge in [-0.3, -0.25) is 19.8 Å². The number of nitrogens with one attached hydrogen (secondary N) is 2. The van der Waals surface area contributed by atoms with Crippen LogP contribution < -0.4 is 10.0 Å². The van der Waals surface area contributed by atoms with Gasteiger partial charge in [-0.05, 0) is 18.1 Å². The number of carbonyl (C=O) groups excluding carboxylic acids is 1. The summed E-state index contributed by atoms with van der Waals surface area (Å²) in [6.45, 7) is 7.70. The van der Waals surface area contributed by atoms with E-state index in [1.165, 1.54) is 17.4 Å². The topological polar surface area (TPSA) is 113 Å². The van der Waals surface area contributed by atoms with Crippen LogP contribution in [-0.4, -0.2) is 36.4 Å². The van der Waals surface area contributed by atoms with Crippen LogP contribution in [0.1, 0.15) is 44.2 Å². The van der Waals surface area contributed by atoms with Crippen LogP contribution in [0, 0.1) is 5.92 Å². The van der Waals surface area contributed by atoms with Gasteiger partial charge in [-0.2, -0.15) is 0 Å². The van der Waals surface area contributed by atoms with Crippen molar-refractivity contribution in [1.82, 2.24) is 14.9 Å². The van der Waals surface area contributed by atoms with Gasteiger partial charge in [0.25, 0.3) is 15.9 Å². The molecule has 0 radical (unpaired) electrons. The molecule has 8 nitrogen and oxygen atoms in total. The van der Waals surface area contributed by atoms with Gasteiger partial charge in [0.05, 0.1) is 4.90 Å². The van der Waals surface area contributed by atoms with Gasteiger partial charge in [0.2, 0.25) is 5.13 Å². The van der Waals surface area contributed by atoms with E-state index in [0.717, 1.165) is 5.01 Å². The van der Waals surface area contributed by atoms with Crippen molar-refractivity contribution in [3.63, 3.8) is 0 Å². The van der Waals surface area contributed by atoms with Gasteiger partial charge in [0.15, 0.2) is 0 Å². The van der Waals surface area contributed by atoms with E-state index in [1.807, 2.05) is 27.7 Å². The van der Waals surface area contributed by atoms with Crippen molar-refractivity contribution in [2.75, 3.05) is 5.32 Å². The smallest absolute Gasteiger partial charge is 0.263 e. The minimum absolute atomic E-state index is 0.146. The van der Waals surface area contributed by atoms with E-state index in [2.05, 4.69) is 25.2 Å². The number of carbonyl (C=O) groups is 1. The van der Waals surface area contributed by atoms with Crippen molar-refractivity contribution in [1.29, 1.82) is 0 Å². The third-order valence-electron chi connectivity index (χ3n) is 4.00. The van der Waals surface area contributed by atoms with E-state index < -0.39 is 16.1 Å². The van der Waals surface area contributed by atoms with Crippen LogP contribution in [0.2, 0.25) is 0 Å². The van der Waals surface area contributed by atoms with E-state index in [9.17, 15) is 13.2 Å². The molecule has 1 amide bonds. The number of amides is 1. The van der Waals surface area contributed by atoms with E-state index in [-0.39, 0.29) is 28.5 Å². The Bertz CT molecular complexity index is 996. The molecular formula is C17H21N5O3S2. The zero-order valence-electron chi connectivity index (χ0n) is 15.4. The Morgan fingerprint density at radius 3 is 2.52 bits per heavy atom. The third kappa shape index (κ3) is 4.01. The highest BCUT2D eigenvalue weighted by molar-refractivity contribution is 7.90. The first-order valence-electron chi connectivity index (χ1n) is 8.53. The molecule has 1 aliphatic rings. The fourth-order valence-corrected chi connectivity index (χ4v) is 4.56. The van der Waals surface area contributed by atoms with Gasteiger partial charge in [-0.15, -0.1) is 10.2 Å². The van der Waals surface area contributed by atoms with Crippen LogP contribution in [0.5, 0.6) is 0 Å². The van der Waals surface area contributed by atoms with Crippen LogP contribution in [0.3, 0.4) is 0 Å². The zero-order chi connectivity index (χ0) is 19.8. The van der Waals surface area contributed by atoms with Gasteiger partial charge in [0, 0.05) is 11.5 Å². The fraction of sp³-hybridized carbons (Fsp3) is 0.412. The Balaban J connectivity index is 1.88. The first-order chi connectivity index (χ1) is 12.7. The summed E-state index contributed by atoms with van der Waals surface area (Å²) < 4.78 is 26.9. The highest BCUT2D eigenvalue weighted by atomic mass is 32.2. The molecule has 10 heteroatoms. The van der Waals surface area contributed by atoms with Crippen LogP contribution in [-0.2, 0) is 14.8 Å². The molecule has 0 saturated carbocycles. The van der Waals surface area contributed by atoms with Gasteiger partial charge in [-0.25, -0.2) is 8.42 Å². The number of aromatic nitrogens is 2. The molecule has 0 fully saturated rings. The molecule has 3 rings (SSSR count). The molecule has 0 spiro atoms. The minimum atomic E-state index is -3.65. The average molecular weight is 408 g/mol. The number of fused-ring (bicyclic) bond motifs is 1. The lowest BCUT2D eigenvalue weighted by atomic mass is 10.0. The summed E-state index contributed by atoms with van der Waals surface area (Å²) in [7, 11) is -3.65. The molecular weight excluding hydrogens is 386 g/mol. The SMILES string of the molecule is CC(C)c1nnc(NC(=O)[C@@H](N=C2NS(=O)(=O)c3ccccc32)C(C)C)s1. The molecule has 0 bridgehead atoms. The normalized spacial score (nSPS) is 17.8. The summed E-state index contributed by atoms with van der Waals surface area (Å²) in [4.78, 5) is 17.3. The second-order valence-corrected chi connectivity index (χ2v) is 9.52. The first-order valence-corrected chi connectivity index (χ1v) is 10.8. The van der Waals surface area contributed by atoms with Crippen molar-refractivity contribution in [3.8, 4) is 0 Å². The molecule has 0 saturated heterocycles. The molecule has 0 unspecified atom stereocenters. The molecule has 27 heavy (non-hydrogen) atoms. The van der Waals surface area contributed by atoms with Crippen LogP contribution in [0.15, 0.2) is 34.2 Å². The molecule has 1 aromatic carbocycles. The number of aliphatic imine (C=N–C) groups is 1. The molecule has 144 valence electrons. The summed E-state index contributed by atoms with van der Waals surface area (Å²) in [5.74, 6) is -0.0990. The Hall–Kier alpha value is -2.33. The van der Waals surface area contributed by atoms with E-state index >= 15 is 0 Å². The van der Waals surface area contributed by atoms with Crippen molar-refractivity contribution in [2.45, 2.75) is 44.6 Å². The lowest BCUT2D eigenvalue weighted by Crippen LogP contribution is -2.34. The number of rotatable bonds is 5. The zero-order valence-corrected chi connectivity index (χ0v) is 17.1. The molecule has 2 heterocycles. The molecule has 2 aromatic rings. The lowest BCUT2D eigenvalue weighted by molar-refractivity contribution is -0.118. The Kier molecular flexibility index (Phi) is 5.29. The Morgan fingerprint density at radius 2 is 1.89 bits per heavy atom. The molecule has 1 aliphatic heterocycles. The van der Waals surface area contributed by atoms with Crippen LogP contribution in [0.4, 0.5) is 5.13 Å². The standard InChI is InChI=1S/C17H21N5O3S2/c1-9(2)13(15(23)19-17-21-20-16(26-17)10(3)4)18-14-11-7-5-6-8-12(11)27(24,25)22-14/h5-10,13H,1-4H3,(H,18,22)(H,19,21,23)/t13-/m0/s1. The fourth-order valence-electron chi connectivity index (χ4n) is 2.58. The average Bonchev–Trinajstić information content (AvgIpc) is 3.15. The second-order valence-electron chi connectivity index (χ2n) is 6.86. The maximum atomic E-state index is 12.7. The monoisotopic (exact) mass is 407 g/mol. The molecule has 2 N–H and O–H groups in total. The summed E-state index contributed by atoms with van der Waals surface area (Å²) in [5.41, 5.74) is 0.467. The second kappa shape index (κ2) is 7.35. The maximum absolute atomic E-state index is 12.7. The summed E-state index contributed by atoms with van der Waals surface area (Å²) in [6, 6.07) is 5.78. The Morgan fingerprint density at radius 1 is 1.19 bits per heavy atom. The lowest BCUT2D eigenvalue weighted by Gasteiger charge is -2.16.